The van der Waals surface area contributed by atoms with E-state index in [4.69, 9.17) is 0 Å². The van der Waals surface area contributed by atoms with E-state index in [0.29, 0.717) is 0 Å². The minimum Gasteiger partial charge on any atom is -0.239 e. The lowest BCUT2D eigenvalue weighted by Gasteiger charge is -1.86. The number of nitrogens with zero attached hydrogens (tertiary/aromatic N) is 2. The van der Waals surface area contributed by atoms with Gasteiger partial charge in [0.2, 0.25) is 6.33 Å². The third kappa shape index (κ3) is 1.19. The van der Waals surface area contributed by atoms with Gasteiger partial charge in [0.05, 0.1) is 12.7 Å². The third-order valence-corrected chi connectivity index (χ3v) is 1.21. The van der Waals surface area contributed by atoms with Gasteiger partial charge in [-0.2, -0.15) is 0 Å². The highest BCUT2D eigenvalue weighted by atomic mass is 15.1. The molecule has 2 nitrogen and oxygen atoms in total. The average Bonchev–Trinajstić information content (AvgIpc) is 2.14. The molecule has 0 atom stereocenters. The molecule has 0 radical (unpaired) electrons. The van der Waals surface area contributed by atoms with Gasteiger partial charge in [-0.05, 0) is 6.92 Å². The van der Waals surface area contributed by atoms with E-state index in [1.807, 2.05) is 41.8 Å². The molecular formula is C7H11N2+. The van der Waals surface area contributed by atoms with Crippen LogP contribution in [0.2, 0.25) is 0 Å². The Kier molecular flexibility index (Phi) is 1.39. The van der Waals surface area contributed by atoms with E-state index in [1.165, 1.54) is 0 Å². The normalized spacial score (nSPS) is 9.56. The molecule has 0 spiro atoms. The predicted octanol–water partition coefficient (Wildman–Crippen LogP) is 0.803. The second kappa shape index (κ2) is 2.05. The summed E-state index contributed by atoms with van der Waals surface area (Å²) in [5.41, 5.74) is 1.04. The second-order valence-corrected chi connectivity index (χ2v) is 2.22. The first-order chi connectivity index (χ1) is 4.20. The lowest BCUT2D eigenvalue weighted by molar-refractivity contribution is -0.670. The van der Waals surface area contributed by atoms with Crippen molar-refractivity contribution in [3.05, 3.63) is 25.3 Å². The molecule has 0 aliphatic rings. The van der Waals surface area contributed by atoms with Gasteiger partial charge in [0.1, 0.15) is 12.4 Å². The van der Waals surface area contributed by atoms with Gasteiger partial charge in [-0.3, -0.25) is 0 Å². The zero-order chi connectivity index (χ0) is 6.85. The smallest absolute Gasteiger partial charge is 0.239 e. The first-order valence-electron chi connectivity index (χ1n) is 2.89. The van der Waals surface area contributed by atoms with Gasteiger partial charge in [0, 0.05) is 0 Å². The van der Waals surface area contributed by atoms with E-state index >= 15 is 0 Å². The molecule has 1 aromatic rings. The van der Waals surface area contributed by atoms with Crippen LogP contribution in [-0.2, 0) is 7.05 Å². The number of aromatic nitrogens is 2. The van der Waals surface area contributed by atoms with Crippen LogP contribution >= 0.6 is 0 Å². The Morgan fingerprint density at radius 2 is 2.33 bits per heavy atom. The van der Waals surface area contributed by atoms with E-state index in [0.717, 1.165) is 5.70 Å². The Morgan fingerprint density at radius 1 is 1.67 bits per heavy atom. The fraction of sp³-hybridized carbons (Fsp3) is 0.286. The zero-order valence-electron chi connectivity index (χ0n) is 5.83. The van der Waals surface area contributed by atoms with Gasteiger partial charge >= 0.3 is 0 Å². The maximum Gasteiger partial charge on any atom is 0.248 e. The van der Waals surface area contributed by atoms with E-state index in [2.05, 4.69) is 6.58 Å². The van der Waals surface area contributed by atoms with Gasteiger partial charge in [-0.15, -0.1) is 0 Å². The molecule has 0 fully saturated rings. The molecule has 1 rings (SSSR count). The third-order valence-electron chi connectivity index (χ3n) is 1.21. The number of rotatable bonds is 1. The molecule has 0 saturated heterocycles. The molecule has 0 unspecified atom stereocenters. The summed E-state index contributed by atoms with van der Waals surface area (Å²) < 4.78 is 3.95. The minimum absolute atomic E-state index is 1.04. The maximum absolute atomic E-state index is 3.79. The predicted molar refractivity (Wildman–Crippen MR) is 36.6 cm³/mol. The molecule has 48 valence electrons. The van der Waals surface area contributed by atoms with E-state index < -0.39 is 0 Å². The van der Waals surface area contributed by atoms with Crippen molar-refractivity contribution in [1.82, 2.24) is 4.57 Å². The summed E-state index contributed by atoms with van der Waals surface area (Å²) in [5, 5.41) is 0. The van der Waals surface area contributed by atoms with Crippen molar-refractivity contribution in [2.75, 3.05) is 0 Å². The lowest BCUT2D eigenvalue weighted by Crippen LogP contribution is -2.23. The van der Waals surface area contributed by atoms with Crippen molar-refractivity contribution in [2.45, 2.75) is 6.92 Å². The molecular weight excluding hydrogens is 112 g/mol. The molecule has 0 aliphatic heterocycles. The Labute approximate surface area is 55.1 Å². The molecule has 2 heteroatoms. The van der Waals surface area contributed by atoms with Crippen molar-refractivity contribution < 1.29 is 4.57 Å². The van der Waals surface area contributed by atoms with Crippen LogP contribution in [0.25, 0.3) is 5.70 Å². The van der Waals surface area contributed by atoms with E-state index in [9.17, 15) is 0 Å². The average molecular weight is 123 g/mol. The van der Waals surface area contributed by atoms with Gasteiger partial charge in [-0.1, -0.05) is 6.58 Å². The maximum atomic E-state index is 3.79. The Hall–Kier alpha value is -1.05. The quantitative estimate of drug-likeness (QED) is 0.488. The van der Waals surface area contributed by atoms with Crippen molar-refractivity contribution in [2.24, 2.45) is 7.05 Å². The molecule has 0 aromatic carbocycles. The largest absolute Gasteiger partial charge is 0.248 e. The van der Waals surface area contributed by atoms with Crippen LogP contribution in [0.15, 0.2) is 25.3 Å². The van der Waals surface area contributed by atoms with Crippen molar-refractivity contribution in [3.63, 3.8) is 0 Å². The monoisotopic (exact) mass is 123 g/mol. The summed E-state index contributed by atoms with van der Waals surface area (Å²) in [7, 11) is 1.99. The molecule has 0 amide bonds. The van der Waals surface area contributed by atoms with Crippen LogP contribution in [0.3, 0.4) is 0 Å². The Morgan fingerprint density at radius 3 is 2.56 bits per heavy atom. The summed E-state index contributed by atoms with van der Waals surface area (Å²) >= 11 is 0. The lowest BCUT2D eigenvalue weighted by atomic mass is 10.6. The molecule has 1 aromatic heterocycles. The highest BCUT2D eigenvalue weighted by molar-refractivity contribution is 5.35. The fourth-order valence-electron chi connectivity index (χ4n) is 0.676. The van der Waals surface area contributed by atoms with Crippen molar-refractivity contribution in [3.8, 4) is 0 Å². The second-order valence-electron chi connectivity index (χ2n) is 2.22. The van der Waals surface area contributed by atoms with Crippen molar-refractivity contribution >= 4 is 5.70 Å². The highest BCUT2D eigenvalue weighted by Crippen LogP contribution is 1.94. The molecule has 0 aliphatic carbocycles. The number of imidazole rings is 1. The fourth-order valence-corrected chi connectivity index (χ4v) is 0.676. The van der Waals surface area contributed by atoms with Crippen molar-refractivity contribution in [1.29, 1.82) is 0 Å². The first-order valence-corrected chi connectivity index (χ1v) is 2.89. The standard InChI is InChI=1S/C7H11N2/c1-7(2)9-5-4-8(3)6-9/h4-6H,1H2,2-3H3/q+1. The summed E-state index contributed by atoms with van der Waals surface area (Å²) in [5.74, 6) is 0. The minimum atomic E-state index is 1.04. The van der Waals surface area contributed by atoms with Crippen LogP contribution in [-0.4, -0.2) is 4.57 Å². The van der Waals surface area contributed by atoms with Crippen LogP contribution in [0.1, 0.15) is 6.92 Å². The van der Waals surface area contributed by atoms with Gasteiger partial charge in [-0.25, -0.2) is 9.13 Å². The topological polar surface area (TPSA) is 8.81 Å². The van der Waals surface area contributed by atoms with Crippen LogP contribution < -0.4 is 4.57 Å². The summed E-state index contributed by atoms with van der Waals surface area (Å²) in [6.07, 6.45) is 5.93. The van der Waals surface area contributed by atoms with Crippen LogP contribution in [0, 0.1) is 0 Å². The molecule has 9 heavy (non-hydrogen) atoms. The van der Waals surface area contributed by atoms with Crippen LogP contribution in [0.4, 0.5) is 0 Å². The molecule has 0 saturated carbocycles. The van der Waals surface area contributed by atoms with Gasteiger partial charge in [0.15, 0.2) is 0 Å². The molecule has 0 N–H and O–H groups in total. The summed E-state index contributed by atoms with van der Waals surface area (Å²) in [6.45, 7) is 5.76. The van der Waals surface area contributed by atoms with E-state index in [-0.39, 0.29) is 0 Å². The Balaban J connectivity index is 2.98. The number of allylic oxidation sites excluding steroid dienone is 1. The van der Waals surface area contributed by atoms with Crippen LogP contribution in [0.5, 0.6) is 0 Å². The SMILES string of the molecule is C=C(C)n1cc[n+](C)c1. The number of aryl methyl sites for hydroxylation is 1. The highest BCUT2D eigenvalue weighted by Gasteiger charge is 1.97. The molecule has 1 heterocycles. The number of hydrogen-bond donors (Lipinski definition) is 0. The number of hydrogen-bond acceptors (Lipinski definition) is 0. The van der Waals surface area contributed by atoms with E-state index in [1.54, 1.807) is 0 Å². The Bertz CT molecular complexity index is 223. The van der Waals surface area contributed by atoms with Gasteiger partial charge < -0.3 is 0 Å². The van der Waals surface area contributed by atoms with Gasteiger partial charge in [0.25, 0.3) is 0 Å². The zero-order valence-corrected chi connectivity index (χ0v) is 5.83. The summed E-state index contributed by atoms with van der Waals surface area (Å²) in [4.78, 5) is 0. The summed E-state index contributed by atoms with van der Waals surface area (Å²) in [6, 6.07) is 0. The first kappa shape index (κ1) is 6.08. The molecule has 0 bridgehead atoms.